The largest absolute Gasteiger partial charge is 0.491 e. The number of halogens is 1. The van der Waals surface area contributed by atoms with Crippen molar-refractivity contribution in [2.45, 2.75) is 25.0 Å². The number of ether oxygens (including phenoxy) is 1. The van der Waals surface area contributed by atoms with Crippen LogP contribution in [0.2, 0.25) is 5.02 Å². The molecule has 0 N–H and O–H groups in total. The summed E-state index contributed by atoms with van der Waals surface area (Å²) in [7, 11) is -3.70. The van der Waals surface area contributed by atoms with Crippen LogP contribution < -0.4 is 4.74 Å². The van der Waals surface area contributed by atoms with Crippen molar-refractivity contribution in [2.75, 3.05) is 26.0 Å². The molecule has 12 heteroatoms. The Hall–Kier alpha value is -3.02. The Balaban J connectivity index is 1.33. The molecule has 10 nitrogen and oxygen atoms in total. The van der Waals surface area contributed by atoms with Crippen molar-refractivity contribution in [1.29, 1.82) is 0 Å². The number of carbonyl (C=O) groups excluding carboxylic acids is 1. The molecule has 0 aliphatic carbocycles. The third kappa shape index (κ3) is 6.52. The molecule has 1 fully saturated rings. The van der Waals surface area contributed by atoms with Crippen molar-refractivity contribution in [3.05, 3.63) is 71.0 Å². The van der Waals surface area contributed by atoms with Gasteiger partial charge in [-0.15, -0.1) is 5.10 Å². The third-order valence-corrected chi connectivity index (χ3v) is 6.32. The summed E-state index contributed by atoms with van der Waals surface area (Å²) in [6.45, 7) is 1.39. The predicted molar refractivity (Wildman–Crippen MR) is 124 cm³/mol. The number of nitrogens with zero attached hydrogens (tertiary/aromatic N) is 5. The number of likely N-dealkylation sites (tertiary alicyclic amines) is 1. The first-order valence-electron chi connectivity index (χ1n) is 10.6. The zero-order valence-corrected chi connectivity index (χ0v) is 20.0. The van der Waals surface area contributed by atoms with Crippen LogP contribution in [0.4, 0.5) is 0 Å². The molecule has 1 aliphatic heterocycles. The monoisotopic (exact) mass is 505 g/mol. The maximum atomic E-state index is 12.9. The molecule has 1 unspecified atom stereocenters. The van der Waals surface area contributed by atoms with Crippen LogP contribution in [0, 0.1) is 0 Å². The van der Waals surface area contributed by atoms with Gasteiger partial charge in [-0.1, -0.05) is 23.7 Å². The lowest BCUT2D eigenvalue weighted by Gasteiger charge is -2.18. The maximum Gasteiger partial charge on any atom is 0.264 e. The molecular weight excluding hydrogens is 482 g/mol. The molecule has 1 amide bonds. The van der Waals surface area contributed by atoms with Gasteiger partial charge in [-0.2, -0.15) is 8.42 Å². The van der Waals surface area contributed by atoms with Crippen molar-refractivity contribution in [1.82, 2.24) is 25.1 Å². The zero-order chi connectivity index (χ0) is 24.1. The van der Waals surface area contributed by atoms with E-state index in [1.807, 2.05) is 29.2 Å². The van der Waals surface area contributed by atoms with Gasteiger partial charge in [-0.25, -0.2) is 4.68 Å². The molecule has 180 valence electrons. The molecule has 0 spiro atoms. The lowest BCUT2D eigenvalue weighted by atomic mass is 9.99. The number of benzene rings is 2. The summed E-state index contributed by atoms with van der Waals surface area (Å²) in [6, 6.07) is 14.5. The van der Waals surface area contributed by atoms with Crippen LogP contribution >= 0.6 is 11.6 Å². The molecule has 2 atom stereocenters. The molecule has 0 bridgehead atoms. The highest BCUT2D eigenvalue weighted by molar-refractivity contribution is 7.86. The minimum atomic E-state index is -3.70. The average molecular weight is 506 g/mol. The molecule has 3 aromatic rings. The van der Waals surface area contributed by atoms with Crippen LogP contribution in [0.5, 0.6) is 5.75 Å². The van der Waals surface area contributed by atoms with Gasteiger partial charge < -0.3 is 9.64 Å². The highest BCUT2D eigenvalue weighted by Gasteiger charge is 2.28. The van der Waals surface area contributed by atoms with Crippen molar-refractivity contribution >= 4 is 27.6 Å². The van der Waals surface area contributed by atoms with Crippen molar-refractivity contribution in [3.8, 4) is 5.75 Å². The summed E-state index contributed by atoms with van der Waals surface area (Å²) in [6.07, 6.45) is 2.40. The van der Waals surface area contributed by atoms with E-state index >= 15 is 0 Å². The van der Waals surface area contributed by atoms with E-state index in [2.05, 4.69) is 15.5 Å². The molecule has 2 aromatic carbocycles. The van der Waals surface area contributed by atoms with Crippen LogP contribution in [-0.4, -0.2) is 71.5 Å². The van der Waals surface area contributed by atoms with Crippen LogP contribution in [0.15, 0.2) is 54.9 Å². The molecule has 1 saturated heterocycles. The number of carbonyl (C=O) groups is 1. The van der Waals surface area contributed by atoms with Crippen molar-refractivity contribution in [2.24, 2.45) is 0 Å². The third-order valence-electron chi connectivity index (χ3n) is 5.45. The van der Waals surface area contributed by atoms with Gasteiger partial charge in [-0.3, -0.25) is 8.98 Å². The number of hydrogen-bond donors (Lipinski definition) is 0. The number of amides is 1. The number of hydrogen-bond acceptors (Lipinski definition) is 8. The molecule has 2 heterocycles. The van der Waals surface area contributed by atoms with Gasteiger partial charge in [-0.05, 0) is 58.8 Å². The molecule has 1 aromatic heterocycles. The molecule has 4 rings (SSSR count). The number of tetrazole rings is 1. The Morgan fingerprint density at radius 3 is 2.56 bits per heavy atom. The fraction of sp³-hybridized carbons (Fsp3) is 0.364. The number of rotatable bonds is 9. The summed E-state index contributed by atoms with van der Waals surface area (Å²) in [5, 5.41) is 11.5. The quantitative estimate of drug-likeness (QED) is 0.407. The Kier molecular flexibility index (Phi) is 7.44. The Morgan fingerprint density at radius 1 is 1.18 bits per heavy atom. The second kappa shape index (κ2) is 10.5. The molecule has 0 saturated carbocycles. The lowest BCUT2D eigenvalue weighted by molar-refractivity contribution is 0.0790. The number of aromatic nitrogens is 4. The predicted octanol–water partition coefficient (Wildman–Crippen LogP) is 2.38. The van der Waals surface area contributed by atoms with Crippen molar-refractivity contribution in [3.63, 3.8) is 0 Å². The molecular formula is C22H24ClN5O5S. The Bertz CT molecular complexity index is 1200. The van der Waals surface area contributed by atoms with Gasteiger partial charge in [0.1, 0.15) is 24.8 Å². The normalized spacial score (nSPS) is 17.0. The van der Waals surface area contributed by atoms with E-state index < -0.39 is 16.2 Å². The second-order valence-electron chi connectivity index (χ2n) is 8.08. The van der Waals surface area contributed by atoms with Gasteiger partial charge in [0.15, 0.2) is 0 Å². The fourth-order valence-corrected chi connectivity index (χ4v) is 4.58. The van der Waals surface area contributed by atoms with Crippen LogP contribution in [0.25, 0.3) is 0 Å². The van der Waals surface area contributed by atoms with Gasteiger partial charge in [0.2, 0.25) is 0 Å². The summed E-state index contributed by atoms with van der Waals surface area (Å²) in [5.74, 6) is 0.728. The van der Waals surface area contributed by atoms with Gasteiger partial charge >= 0.3 is 0 Å². The van der Waals surface area contributed by atoms with Crippen LogP contribution in [0.1, 0.15) is 28.3 Å². The topological polar surface area (TPSA) is 117 Å². The highest BCUT2D eigenvalue weighted by atomic mass is 35.5. The molecule has 1 aliphatic rings. The van der Waals surface area contributed by atoms with E-state index in [9.17, 15) is 13.2 Å². The second-order valence-corrected chi connectivity index (χ2v) is 10.1. The molecule has 0 radical (unpaired) electrons. The minimum absolute atomic E-state index is 0.0417. The summed E-state index contributed by atoms with van der Waals surface area (Å²) in [4.78, 5) is 14.8. The average Bonchev–Trinajstić information content (AvgIpc) is 3.49. The fourth-order valence-electron chi connectivity index (χ4n) is 3.85. The van der Waals surface area contributed by atoms with Crippen LogP contribution in [0.3, 0.4) is 0 Å². The lowest BCUT2D eigenvalue weighted by Crippen LogP contribution is -2.30. The first kappa shape index (κ1) is 24.1. The van der Waals surface area contributed by atoms with E-state index in [1.54, 1.807) is 24.3 Å². The van der Waals surface area contributed by atoms with Gasteiger partial charge in [0, 0.05) is 29.6 Å². The zero-order valence-electron chi connectivity index (χ0n) is 18.4. The van der Waals surface area contributed by atoms with E-state index in [4.69, 9.17) is 20.5 Å². The highest BCUT2D eigenvalue weighted by Crippen LogP contribution is 2.29. The Labute approximate surface area is 202 Å². The first-order chi connectivity index (χ1) is 16.3. The molecule has 34 heavy (non-hydrogen) atoms. The SMILES string of the molecule is CS(=O)(=O)OC(COc1ccc(C(=O)N2CC[C@H](c3ccc(Cl)cc3)C2)cc1)Cn1cnnn1. The maximum absolute atomic E-state index is 12.9. The van der Waals surface area contributed by atoms with Crippen molar-refractivity contribution < 1.29 is 22.1 Å². The summed E-state index contributed by atoms with van der Waals surface area (Å²) < 4.78 is 35.3. The standard InChI is InChI=1S/C22H24ClN5O5S/c1-34(30,31)33-21(13-28-15-24-25-26-28)14-32-20-8-4-17(5-9-20)22(29)27-11-10-18(12-27)16-2-6-19(23)7-3-16/h2-9,15,18,21H,10-14H2,1H3/t18-,21?/m0/s1. The van der Waals surface area contributed by atoms with Gasteiger partial charge in [0.05, 0.1) is 12.8 Å². The Morgan fingerprint density at radius 2 is 1.91 bits per heavy atom. The van der Waals surface area contributed by atoms with Gasteiger partial charge in [0.25, 0.3) is 16.0 Å². The minimum Gasteiger partial charge on any atom is -0.491 e. The first-order valence-corrected chi connectivity index (χ1v) is 12.8. The van der Waals surface area contributed by atoms with E-state index in [0.717, 1.165) is 12.7 Å². The van der Waals surface area contributed by atoms with E-state index in [1.165, 1.54) is 16.6 Å². The smallest absolute Gasteiger partial charge is 0.264 e. The van der Waals surface area contributed by atoms with E-state index in [-0.39, 0.29) is 25.0 Å². The van der Waals surface area contributed by atoms with Crippen LogP contribution in [-0.2, 0) is 20.8 Å². The summed E-state index contributed by atoms with van der Waals surface area (Å²) in [5.41, 5.74) is 1.73. The summed E-state index contributed by atoms with van der Waals surface area (Å²) >= 11 is 5.97. The van der Waals surface area contributed by atoms with E-state index in [0.29, 0.717) is 29.4 Å².